The lowest BCUT2D eigenvalue weighted by Crippen LogP contribution is -2.28. The second-order valence-electron chi connectivity index (χ2n) is 6.98. The van der Waals surface area contributed by atoms with Gasteiger partial charge in [-0.25, -0.2) is 0 Å². The second-order valence-corrected chi connectivity index (χ2v) is 6.98. The smallest absolute Gasteiger partial charge is 0.0480 e. The SMILES string of the molecule is CC1(C)CCC(NCCCn2ccc3ccccc32)C1. The number of aromatic nitrogens is 1. The molecule has 1 N–H and O–H groups in total. The van der Waals surface area contributed by atoms with Crippen molar-refractivity contribution in [2.45, 2.75) is 52.1 Å². The first-order valence-corrected chi connectivity index (χ1v) is 7.91. The quantitative estimate of drug-likeness (QED) is 0.806. The van der Waals surface area contributed by atoms with E-state index in [2.05, 4.69) is 60.3 Å². The molecule has 1 fully saturated rings. The van der Waals surface area contributed by atoms with E-state index in [0.29, 0.717) is 5.41 Å². The monoisotopic (exact) mass is 270 g/mol. The van der Waals surface area contributed by atoms with Crippen LogP contribution >= 0.6 is 0 Å². The zero-order valence-electron chi connectivity index (χ0n) is 12.7. The molecule has 0 saturated heterocycles. The van der Waals surface area contributed by atoms with E-state index < -0.39 is 0 Å². The Morgan fingerprint density at radius 1 is 1.25 bits per heavy atom. The van der Waals surface area contributed by atoms with Crippen LogP contribution in [0.25, 0.3) is 10.9 Å². The van der Waals surface area contributed by atoms with Gasteiger partial charge >= 0.3 is 0 Å². The summed E-state index contributed by atoms with van der Waals surface area (Å²) in [5.74, 6) is 0. The molecule has 20 heavy (non-hydrogen) atoms. The van der Waals surface area contributed by atoms with Crippen molar-refractivity contribution in [2.24, 2.45) is 5.41 Å². The first-order chi connectivity index (χ1) is 9.64. The number of rotatable bonds is 5. The fraction of sp³-hybridized carbons (Fsp3) is 0.556. The summed E-state index contributed by atoms with van der Waals surface area (Å²) < 4.78 is 2.37. The number of aryl methyl sites for hydroxylation is 1. The van der Waals surface area contributed by atoms with Crippen LogP contribution in [0, 0.1) is 5.41 Å². The standard InChI is InChI=1S/C18H26N2/c1-18(2)10-8-16(14-18)19-11-5-12-20-13-9-15-6-3-4-7-17(15)20/h3-4,6-7,9,13,16,19H,5,8,10-12,14H2,1-2H3. The Hall–Kier alpha value is -1.28. The van der Waals surface area contributed by atoms with Crippen molar-refractivity contribution in [1.82, 2.24) is 9.88 Å². The van der Waals surface area contributed by atoms with Gasteiger partial charge in [-0.1, -0.05) is 32.0 Å². The van der Waals surface area contributed by atoms with Crippen LogP contribution in [-0.4, -0.2) is 17.2 Å². The average molecular weight is 270 g/mol. The number of benzene rings is 1. The van der Waals surface area contributed by atoms with Gasteiger partial charge in [-0.05, 0) is 55.2 Å². The predicted octanol–water partition coefficient (Wildman–Crippen LogP) is 4.20. The van der Waals surface area contributed by atoms with Crippen LogP contribution in [0.3, 0.4) is 0 Å². The van der Waals surface area contributed by atoms with E-state index in [1.54, 1.807) is 0 Å². The molecule has 0 amide bonds. The van der Waals surface area contributed by atoms with Crippen LogP contribution in [0.4, 0.5) is 0 Å². The maximum absolute atomic E-state index is 3.73. The Morgan fingerprint density at radius 2 is 2.10 bits per heavy atom. The van der Waals surface area contributed by atoms with Crippen LogP contribution in [0.1, 0.15) is 39.5 Å². The summed E-state index contributed by atoms with van der Waals surface area (Å²) in [6, 6.07) is 11.6. The van der Waals surface area contributed by atoms with Gasteiger partial charge in [0, 0.05) is 24.3 Å². The summed E-state index contributed by atoms with van der Waals surface area (Å²) in [5, 5.41) is 5.08. The Bertz CT molecular complexity index is 568. The molecule has 1 aliphatic carbocycles. The lowest BCUT2D eigenvalue weighted by atomic mass is 9.92. The fourth-order valence-corrected chi connectivity index (χ4v) is 3.50. The van der Waals surface area contributed by atoms with Gasteiger partial charge in [0.25, 0.3) is 0 Å². The zero-order valence-corrected chi connectivity index (χ0v) is 12.7. The lowest BCUT2D eigenvalue weighted by Gasteiger charge is -2.18. The molecule has 2 heteroatoms. The number of hydrogen-bond donors (Lipinski definition) is 1. The molecule has 0 aliphatic heterocycles. The molecule has 1 aliphatic rings. The van der Waals surface area contributed by atoms with Crippen LogP contribution in [0.2, 0.25) is 0 Å². The topological polar surface area (TPSA) is 17.0 Å². The molecule has 3 rings (SSSR count). The molecule has 0 radical (unpaired) electrons. The maximum Gasteiger partial charge on any atom is 0.0480 e. The Balaban J connectivity index is 1.46. The summed E-state index contributed by atoms with van der Waals surface area (Å²) in [4.78, 5) is 0. The summed E-state index contributed by atoms with van der Waals surface area (Å²) in [5.41, 5.74) is 1.91. The van der Waals surface area contributed by atoms with Crippen molar-refractivity contribution in [1.29, 1.82) is 0 Å². The van der Waals surface area contributed by atoms with Gasteiger partial charge in [0.05, 0.1) is 0 Å². The Labute approximate surface area is 122 Å². The third-order valence-corrected chi connectivity index (χ3v) is 4.66. The molecular formula is C18H26N2. The molecule has 2 nitrogen and oxygen atoms in total. The zero-order chi connectivity index (χ0) is 14.0. The van der Waals surface area contributed by atoms with Crippen LogP contribution < -0.4 is 5.32 Å². The Kier molecular flexibility index (Phi) is 3.84. The minimum atomic E-state index is 0.550. The van der Waals surface area contributed by atoms with Gasteiger partial charge < -0.3 is 9.88 Å². The highest BCUT2D eigenvalue weighted by atomic mass is 15.0. The summed E-state index contributed by atoms with van der Waals surface area (Å²) in [6.45, 7) is 7.02. The van der Waals surface area contributed by atoms with E-state index in [1.807, 2.05) is 0 Å². The second kappa shape index (κ2) is 5.61. The van der Waals surface area contributed by atoms with E-state index >= 15 is 0 Å². The molecule has 2 aromatic rings. The number of hydrogen-bond acceptors (Lipinski definition) is 1. The summed E-state index contributed by atoms with van der Waals surface area (Å²) in [6.07, 6.45) is 7.46. The fourth-order valence-electron chi connectivity index (χ4n) is 3.50. The van der Waals surface area contributed by atoms with E-state index in [4.69, 9.17) is 0 Å². The highest BCUT2D eigenvalue weighted by molar-refractivity contribution is 5.79. The summed E-state index contributed by atoms with van der Waals surface area (Å²) >= 11 is 0. The minimum Gasteiger partial charge on any atom is -0.347 e. The van der Waals surface area contributed by atoms with Crippen LogP contribution in [0.15, 0.2) is 36.5 Å². The highest BCUT2D eigenvalue weighted by Crippen LogP contribution is 2.36. The van der Waals surface area contributed by atoms with Gasteiger partial charge in [0.1, 0.15) is 0 Å². The normalized spacial score (nSPS) is 21.6. The summed E-state index contributed by atoms with van der Waals surface area (Å²) in [7, 11) is 0. The largest absolute Gasteiger partial charge is 0.347 e. The third-order valence-electron chi connectivity index (χ3n) is 4.66. The minimum absolute atomic E-state index is 0.550. The van der Waals surface area contributed by atoms with E-state index in [-0.39, 0.29) is 0 Å². The maximum atomic E-state index is 3.73. The van der Waals surface area contributed by atoms with Crippen LogP contribution in [-0.2, 0) is 6.54 Å². The van der Waals surface area contributed by atoms with Crippen molar-refractivity contribution < 1.29 is 0 Å². The molecule has 1 atom stereocenters. The van der Waals surface area contributed by atoms with Gasteiger partial charge in [-0.2, -0.15) is 0 Å². The van der Waals surface area contributed by atoms with Gasteiger partial charge in [-0.15, -0.1) is 0 Å². The molecule has 0 bridgehead atoms. The van der Waals surface area contributed by atoms with Gasteiger partial charge in [0.15, 0.2) is 0 Å². The first kappa shape index (κ1) is 13.7. The molecule has 1 heterocycles. The van der Waals surface area contributed by atoms with E-state index in [9.17, 15) is 0 Å². The number of para-hydroxylation sites is 1. The number of nitrogens with zero attached hydrogens (tertiary/aromatic N) is 1. The highest BCUT2D eigenvalue weighted by Gasteiger charge is 2.30. The van der Waals surface area contributed by atoms with Crippen molar-refractivity contribution in [3.8, 4) is 0 Å². The van der Waals surface area contributed by atoms with Crippen molar-refractivity contribution >= 4 is 10.9 Å². The molecule has 1 aromatic heterocycles. The number of nitrogens with one attached hydrogen (secondary N) is 1. The predicted molar refractivity (Wildman–Crippen MR) is 86.0 cm³/mol. The van der Waals surface area contributed by atoms with E-state index in [1.165, 1.54) is 36.6 Å². The third kappa shape index (κ3) is 3.06. The Morgan fingerprint density at radius 3 is 2.90 bits per heavy atom. The van der Waals surface area contributed by atoms with Gasteiger partial charge in [-0.3, -0.25) is 0 Å². The molecule has 1 aromatic carbocycles. The van der Waals surface area contributed by atoms with E-state index in [0.717, 1.165) is 19.1 Å². The lowest BCUT2D eigenvalue weighted by molar-refractivity contribution is 0.363. The molecule has 108 valence electrons. The van der Waals surface area contributed by atoms with Crippen molar-refractivity contribution in [3.05, 3.63) is 36.5 Å². The molecule has 0 spiro atoms. The molecule has 1 unspecified atom stereocenters. The van der Waals surface area contributed by atoms with Crippen LogP contribution in [0.5, 0.6) is 0 Å². The molecule has 1 saturated carbocycles. The number of fused-ring (bicyclic) bond motifs is 1. The first-order valence-electron chi connectivity index (χ1n) is 7.91. The molecular weight excluding hydrogens is 244 g/mol. The average Bonchev–Trinajstić information content (AvgIpc) is 2.98. The van der Waals surface area contributed by atoms with Crippen molar-refractivity contribution in [2.75, 3.05) is 6.54 Å². The van der Waals surface area contributed by atoms with Gasteiger partial charge in [0.2, 0.25) is 0 Å². The van der Waals surface area contributed by atoms with Crippen molar-refractivity contribution in [3.63, 3.8) is 0 Å².